The lowest BCUT2D eigenvalue weighted by atomic mass is 10.0. The fourth-order valence-electron chi connectivity index (χ4n) is 3.35. The molecule has 174 valence electrons. The van der Waals surface area contributed by atoms with Crippen LogP contribution in [0.4, 0.5) is 0 Å². The van der Waals surface area contributed by atoms with Crippen LogP contribution < -0.4 is 5.32 Å². The van der Waals surface area contributed by atoms with Crippen LogP contribution >= 0.6 is 23.4 Å². The smallest absolute Gasteiger partial charge is 0.243 e. The summed E-state index contributed by atoms with van der Waals surface area (Å²) < 4.78 is 0. The number of benzene rings is 2. The van der Waals surface area contributed by atoms with Gasteiger partial charge in [0.15, 0.2) is 0 Å². The molecular formula is C26H35ClN2O2S. The van der Waals surface area contributed by atoms with E-state index in [1.807, 2.05) is 83.1 Å². The molecule has 2 rings (SSSR count). The number of hydrogen-bond acceptors (Lipinski definition) is 3. The van der Waals surface area contributed by atoms with Gasteiger partial charge in [-0.15, -0.1) is 11.8 Å². The summed E-state index contributed by atoms with van der Waals surface area (Å²) in [5, 5.41) is 3.76. The zero-order valence-electron chi connectivity index (χ0n) is 19.8. The number of hydrogen-bond donors (Lipinski definition) is 1. The molecule has 0 unspecified atom stereocenters. The van der Waals surface area contributed by atoms with Gasteiger partial charge in [-0.25, -0.2) is 0 Å². The molecule has 0 fully saturated rings. The van der Waals surface area contributed by atoms with E-state index in [9.17, 15) is 9.59 Å². The lowest BCUT2D eigenvalue weighted by molar-refractivity contribution is -0.142. The fraction of sp³-hybridized carbons (Fsp3) is 0.462. The van der Waals surface area contributed by atoms with Gasteiger partial charge in [0.1, 0.15) is 6.04 Å². The number of nitrogens with zero attached hydrogens (tertiary/aromatic N) is 1. The molecule has 4 nitrogen and oxygen atoms in total. The van der Waals surface area contributed by atoms with Gasteiger partial charge in [-0.3, -0.25) is 9.59 Å². The Morgan fingerprint density at radius 3 is 2.25 bits per heavy atom. The zero-order chi connectivity index (χ0) is 23.7. The quantitative estimate of drug-likeness (QED) is 0.327. The van der Waals surface area contributed by atoms with Crippen LogP contribution in [-0.2, 0) is 16.1 Å². The molecule has 0 aliphatic rings. The molecule has 0 spiro atoms. The fourth-order valence-corrected chi connectivity index (χ4v) is 4.33. The maximum Gasteiger partial charge on any atom is 0.243 e. The predicted molar refractivity (Wildman–Crippen MR) is 135 cm³/mol. The van der Waals surface area contributed by atoms with Crippen molar-refractivity contribution in [1.29, 1.82) is 0 Å². The molecule has 0 aromatic heterocycles. The summed E-state index contributed by atoms with van der Waals surface area (Å²) in [5.74, 6) is 0.741. The highest BCUT2D eigenvalue weighted by atomic mass is 35.5. The zero-order valence-corrected chi connectivity index (χ0v) is 21.4. The highest BCUT2D eigenvalue weighted by Gasteiger charge is 2.30. The van der Waals surface area contributed by atoms with Crippen LogP contribution in [0.3, 0.4) is 0 Å². The van der Waals surface area contributed by atoms with Gasteiger partial charge < -0.3 is 10.2 Å². The Morgan fingerprint density at radius 1 is 1.06 bits per heavy atom. The van der Waals surface area contributed by atoms with Crippen molar-refractivity contribution in [3.8, 4) is 0 Å². The Morgan fingerprint density at radius 2 is 1.69 bits per heavy atom. The monoisotopic (exact) mass is 474 g/mol. The SMILES string of the molecule is CC[C@H](C(=O)NC(C)(C)C)N(Cc1ccc(C)cc1)C(=O)CCCSc1ccc(Cl)cc1. The van der Waals surface area contributed by atoms with Crippen LogP contribution in [-0.4, -0.2) is 34.0 Å². The maximum absolute atomic E-state index is 13.3. The molecule has 6 heteroatoms. The molecule has 0 aliphatic carbocycles. The van der Waals surface area contributed by atoms with Crippen molar-refractivity contribution in [3.05, 3.63) is 64.7 Å². The van der Waals surface area contributed by atoms with Gasteiger partial charge in [0, 0.05) is 28.4 Å². The minimum atomic E-state index is -0.494. The molecule has 0 bridgehead atoms. The summed E-state index contributed by atoms with van der Waals surface area (Å²) in [6, 6.07) is 15.4. The van der Waals surface area contributed by atoms with Crippen molar-refractivity contribution >= 4 is 35.2 Å². The minimum absolute atomic E-state index is 0.0122. The van der Waals surface area contributed by atoms with Crippen molar-refractivity contribution in [2.45, 2.75) is 76.9 Å². The molecule has 0 saturated carbocycles. The van der Waals surface area contributed by atoms with Crippen LogP contribution in [0, 0.1) is 6.92 Å². The molecule has 2 aromatic rings. The number of amides is 2. The predicted octanol–water partition coefficient (Wildman–Crippen LogP) is 6.24. The summed E-state index contributed by atoms with van der Waals surface area (Å²) in [4.78, 5) is 29.1. The highest BCUT2D eigenvalue weighted by Crippen LogP contribution is 2.22. The second-order valence-corrected chi connectivity index (χ2v) is 10.7. The summed E-state index contributed by atoms with van der Waals surface area (Å²) >= 11 is 7.65. The topological polar surface area (TPSA) is 49.4 Å². The second kappa shape index (κ2) is 12.3. The van der Waals surface area contributed by atoms with Gasteiger partial charge in [0.25, 0.3) is 0 Å². The van der Waals surface area contributed by atoms with Crippen molar-refractivity contribution in [3.63, 3.8) is 0 Å². The second-order valence-electron chi connectivity index (χ2n) is 9.08. The van der Waals surface area contributed by atoms with E-state index >= 15 is 0 Å². The van der Waals surface area contributed by atoms with Gasteiger partial charge in [-0.1, -0.05) is 48.4 Å². The number of nitrogens with one attached hydrogen (secondary N) is 1. The van der Waals surface area contributed by atoms with E-state index in [0.717, 1.165) is 27.7 Å². The number of aryl methyl sites for hydroxylation is 1. The van der Waals surface area contributed by atoms with E-state index < -0.39 is 6.04 Å². The van der Waals surface area contributed by atoms with Gasteiger partial charge in [0.05, 0.1) is 0 Å². The van der Waals surface area contributed by atoms with Crippen LogP contribution in [0.1, 0.15) is 58.1 Å². The Kier molecular flexibility index (Phi) is 10.1. The summed E-state index contributed by atoms with van der Waals surface area (Å²) in [5.41, 5.74) is 1.85. The van der Waals surface area contributed by atoms with Crippen molar-refractivity contribution in [2.75, 3.05) is 5.75 Å². The van der Waals surface area contributed by atoms with E-state index in [4.69, 9.17) is 11.6 Å². The largest absolute Gasteiger partial charge is 0.350 e. The first-order valence-corrected chi connectivity index (χ1v) is 12.5. The van der Waals surface area contributed by atoms with Crippen molar-refractivity contribution in [2.24, 2.45) is 0 Å². The van der Waals surface area contributed by atoms with Crippen LogP contribution in [0.25, 0.3) is 0 Å². The van der Waals surface area contributed by atoms with E-state index in [1.165, 1.54) is 5.56 Å². The first-order valence-electron chi connectivity index (χ1n) is 11.1. The molecule has 2 amide bonds. The molecule has 32 heavy (non-hydrogen) atoms. The van der Waals surface area contributed by atoms with Crippen molar-refractivity contribution < 1.29 is 9.59 Å². The van der Waals surface area contributed by atoms with E-state index in [0.29, 0.717) is 19.4 Å². The molecular weight excluding hydrogens is 440 g/mol. The van der Waals surface area contributed by atoms with Crippen LogP contribution in [0.5, 0.6) is 0 Å². The van der Waals surface area contributed by atoms with Crippen molar-refractivity contribution in [1.82, 2.24) is 10.2 Å². The third-order valence-electron chi connectivity index (χ3n) is 4.97. The number of carbonyl (C=O) groups is 2. The van der Waals surface area contributed by atoms with Crippen LogP contribution in [0.2, 0.25) is 5.02 Å². The third-order valence-corrected chi connectivity index (χ3v) is 6.33. The van der Waals surface area contributed by atoms with E-state index in [-0.39, 0.29) is 17.4 Å². The molecule has 0 saturated heterocycles. The Labute approximate surface area is 202 Å². The average molecular weight is 475 g/mol. The van der Waals surface area contributed by atoms with Gasteiger partial charge in [-0.2, -0.15) is 0 Å². The lowest BCUT2D eigenvalue weighted by Gasteiger charge is -2.33. The maximum atomic E-state index is 13.3. The number of thioether (sulfide) groups is 1. The summed E-state index contributed by atoms with van der Waals surface area (Å²) in [6.45, 7) is 10.3. The number of rotatable bonds is 10. The lowest BCUT2D eigenvalue weighted by Crippen LogP contribution is -2.53. The van der Waals surface area contributed by atoms with E-state index in [2.05, 4.69) is 5.32 Å². The first-order chi connectivity index (χ1) is 15.1. The van der Waals surface area contributed by atoms with E-state index in [1.54, 1.807) is 16.7 Å². The summed E-state index contributed by atoms with van der Waals surface area (Å²) in [7, 11) is 0. The molecule has 0 heterocycles. The van der Waals surface area contributed by atoms with Gasteiger partial charge >= 0.3 is 0 Å². The Hall–Kier alpha value is -1.98. The Balaban J connectivity index is 2.07. The average Bonchev–Trinajstić information content (AvgIpc) is 2.72. The summed E-state index contributed by atoms with van der Waals surface area (Å²) in [6.07, 6.45) is 1.72. The first kappa shape index (κ1) is 26.3. The molecule has 0 radical (unpaired) electrons. The molecule has 1 N–H and O–H groups in total. The number of carbonyl (C=O) groups excluding carboxylic acids is 2. The highest BCUT2D eigenvalue weighted by molar-refractivity contribution is 7.99. The van der Waals surface area contributed by atoms with Gasteiger partial charge in [-0.05, 0) is 76.1 Å². The molecule has 1 atom stereocenters. The third kappa shape index (κ3) is 8.87. The Bertz CT molecular complexity index is 876. The van der Waals surface area contributed by atoms with Crippen LogP contribution in [0.15, 0.2) is 53.4 Å². The standard InChI is InChI=1S/C26H35ClN2O2S/c1-6-23(25(31)28-26(3,4)5)29(18-20-11-9-19(2)10-12-20)24(30)8-7-17-32-22-15-13-21(27)14-16-22/h9-16,23H,6-8,17-18H2,1-5H3,(H,28,31)/t23-/m1/s1. The number of halogens is 1. The van der Waals surface area contributed by atoms with Gasteiger partial charge in [0.2, 0.25) is 11.8 Å². The minimum Gasteiger partial charge on any atom is -0.350 e. The normalized spacial score (nSPS) is 12.3. The molecule has 2 aromatic carbocycles. The molecule has 0 aliphatic heterocycles.